The highest BCUT2D eigenvalue weighted by molar-refractivity contribution is 7.94. The van der Waals surface area contributed by atoms with Crippen LogP contribution in [0.5, 0.6) is 0 Å². The van der Waals surface area contributed by atoms with E-state index in [0.717, 1.165) is 16.0 Å². The Bertz CT molecular complexity index is 613. The summed E-state index contributed by atoms with van der Waals surface area (Å²) in [6, 6.07) is 30.8. The summed E-state index contributed by atoms with van der Waals surface area (Å²) in [6.07, 6.45) is -0.0717. The van der Waals surface area contributed by atoms with Crippen molar-refractivity contribution in [1.29, 1.82) is 0 Å². The molecule has 0 N–H and O–H groups in total. The third-order valence-electron chi connectivity index (χ3n) is 3.19. The van der Waals surface area contributed by atoms with Crippen LogP contribution in [-0.2, 0) is 4.18 Å². The molecule has 1 nitrogen and oxygen atoms in total. The zero-order valence-corrected chi connectivity index (χ0v) is 12.4. The molecule has 0 saturated heterocycles. The van der Waals surface area contributed by atoms with Gasteiger partial charge in [0.1, 0.15) is 6.10 Å². The summed E-state index contributed by atoms with van der Waals surface area (Å²) < 4.78 is 6.12. The van der Waals surface area contributed by atoms with Crippen LogP contribution in [0.15, 0.2) is 95.9 Å². The number of hydrogen-bond acceptors (Lipinski definition) is 2. The van der Waals surface area contributed by atoms with E-state index in [0.29, 0.717) is 0 Å². The Morgan fingerprint density at radius 2 is 1.00 bits per heavy atom. The fraction of sp³-hybridized carbons (Fsp3) is 0.0526. The van der Waals surface area contributed by atoms with E-state index >= 15 is 0 Å². The van der Waals surface area contributed by atoms with Crippen LogP contribution in [0.2, 0.25) is 0 Å². The summed E-state index contributed by atoms with van der Waals surface area (Å²) in [6.45, 7) is 0. The Hall–Kier alpha value is -2.03. The standard InChI is InChI=1S/C19H16OS/c1-4-10-16(11-5-1)19(17-12-6-2-7-13-17)20-21-18-14-8-3-9-15-18/h1-15,19H. The zero-order chi connectivity index (χ0) is 14.3. The van der Waals surface area contributed by atoms with Crippen LogP contribution >= 0.6 is 12.0 Å². The number of hydrogen-bond donors (Lipinski definition) is 0. The van der Waals surface area contributed by atoms with Crippen LogP contribution in [0.25, 0.3) is 0 Å². The summed E-state index contributed by atoms with van der Waals surface area (Å²) in [5.41, 5.74) is 2.32. The van der Waals surface area contributed by atoms with Gasteiger partial charge in [0.15, 0.2) is 0 Å². The van der Waals surface area contributed by atoms with Gasteiger partial charge in [0.25, 0.3) is 0 Å². The summed E-state index contributed by atoms with van der Waals surface area (Å²) in [5, 5.41) is 0. The third kappa shape index (κ3) is 3.75. The molecule has 0 aliphatic carbocycles. The van der Waals surface area contributed by atoms with Crippen molar-refractivity contribution in [2.24, 2.45) is 0 Å². The Balaban J connectivity index is 1.83. The first kappa shape index (κ1) is 13.9. The van der Waals surface area contributed by atoms with Crippen LogP contribution in [0, 0.1) is 0 Å². The third-order valence-corrected chi connectivity index (χ3v) is 3.94. The molecule has 0 saturated carbocycles. The smallest absolute Gasteiger partial charge is 0.123 e. The maximum atomic E-state index is 6.12. The average molecular weight is 292 g/mol. The van der Waals surface area contributed by atoms with Gasteiger partial charge in [-0.05, 0) is 23.3 Å². The van der Waals surface area contributed by atoms with Crippen molar-refractivity contribution in [1.82, 2.24) is 0 Å². The van der Waals surface area contributed by atoms with Gasteiger partial charge in [-0.25, -0.2) is 0 Å². The van der Waals surface area contributed by atoms with E-state index in [2.05, 4.69) is 36.4 Å². The molecule has 3 aromatic carbocycles. The van der Waals surface area contributed by atoms with Crippen molar-refractivity contribution in [3.05, 3.63) is 102 Å². The van der Waals surface area contributed by atoms with Gasteiger partial charge in [0.05, 0.1) is 0 Å². The molecule has 3 rings (SSSR count). The van der Waals surface area contributed by atoms with Crippen LogP contribution in [0.4, 0.5) is 0 Å². The summed E-state index contributed by atoms with van der Waals surface area (Å²) >= 11 is 1.42. The Labute approximate surface area is 129 Å². The van der Waals surface area contributed by atoms with Gasteiger partial charge < -0.3 is 0 Å². The van der Waals surface area contributed by atoms with Crippen molar-refractivity contribution in [2.75, 3.05) is 0 Å². The first-order valence-electron chi connectivity index (χ1n) is 6.92. The molecular weight excluding hydrogens is 276 g/mol. The van der Waals surface area contributed by atoms with E-state index in [1.165, 1.54) is 12.0 Å². The molecule has 0 unspecified atom stereocenters. The van der Waals surface area contributed by atoms with Crippen LogP contribution in [0.3, 0.4) is 0 Å². The van der Waals surface area contributed by atoms with Crippen LogP contribution in [-0.4, -0.2) is 0 Å². The predicted octanol–water partition coefficient (Wildman–Crippen LogP) is 5.50. The van der Waals surface area contributed by atoms with Gasteiger partial charge in [-0.15, -0.1) is 0 Å². The molecule has 0 aliphatic heterocycles. The molecule has 0 spiro atoms. The predicted molar refractivity (Wildman–Crippen MR) is 88.1 cm³/mol. The van der Waals surface area contributed by atoms with E-state index in [1.54, 1.807) is 0 Å². The molecule has 0 fully saturated rings. The van der Waals surface area contributed by atoms with Gasteiger partial charge in [-0.3, -0.25) is 4.18 Å². The molecule has 0 radical (unpaired) electrons. The highest BCUT2D eigenvalue weighted by Gasteiger charge is 2.15. The SMILES string of the molecule is c1ccc(SOC(c2ccccc2)c2ccccc2)cc1. The van der Waals surface area contributed by atoms with E-state index < -0.39 is 0 Å². The molecule has 0 aromatic heterocycles. The largest absolute Gasteiger partial charge is 0.297 e. The normalized spacial score (nSPS) is 10.7. The second-order valence-electron chi connectivity index (χ2n) is 4.69. The molecule has 104 valence electrons. The second-order valence-corrected chi connectivity index (χ2v) is 5.52. The molecule has 21 heavy (non-hydrogen) atoms. The molecular formula is C19H16OS. The molecule has 0 bridgehead atoms. The van der Waals surface area contributed by atoms with E-state index in [1.807, 2.05) is 54.6 Å². The lowest BCUT2D eigenvalue weighted by Crippen LogP contribution is -2.01. The van der Waals surface area contributed by atoms with Gasteiger partial charge >= 0.3 is 0 Å². The topological polar surface area (TPSA) is 9.23 Å². The minimum Gasteiger partial charge on any atom is -0.297 e. The Kier molecular flexibility index (Phi) is 4.72. The number of benzene rings is 3. The highest BCUT2D eigenvalue weighted by atomic mass is 32.2. The Morgan fingerprint density at radius 3 is 1.48 bits per heavy atom. The van der Waals surface area contributed by atoms with E-state index in [9.17, 15) is 0 Å². The average Bonchev–Trinajstić information content (AvgIpc) is 2.58. The minimum absolute atomic E-state index is 0.0717. The first-order chi connectivity index (χ1) is 10.4. The fourth-order valence-corrected chi connectivity index (χ4v) is 2.84. The van der Waals surface area contributed by atoms with Gasteiger partial charge in [0, 0.05) is 16.9 Å². The van der Waals surface area contributed by atoms with Crippen molar-refractivity contribution < 1.29 is 4.18 Å². The molecule has 3 aromatic rings. The van der Waals surface area contributed by atoms with Crippen molar-refractivity contribution in [3.63, 3.8) is 0 Å². The summed E-state index contributed by atoms with van der Waals surface area (Å²) in [4.78, 5) is 1.11. The van der Waals surface area contributed by atoms with Gasteiger partial charge in [0.2, 0.25) is 0 Å². The Morgan fingerprint density at radius 1 is 0.571 bits per heavy atom. The first-order valence-corrected chi connectivity index (χ1v) is 7.66. The van der Waals surface area contributed by atoms with Gasteiger partial charge in [-0.1, -0.05) is 78.9 Å². The molecule has 0 amide bonds. The summed E-state index contributed by atoms with van der Waals surface area (Å²) in [5.74, 6) is 0. The van der Waals surface area contributed by atoms with Gasteiger partial charge in [-0.2, -0.15) is 0 Å². The minimum atomic E-state index is -0.0717. The molecule has 0 aliphatic rings. The summed E-state index contributed by atoms with van der Waals surface area (Å²) in [7, 11) is 0. The number of rotatable bonds is 5. The van der Waals surface area contributed by atoms with Crippen LogP contribution in [0.1, 0.15) is 17.2 Å². The fourth-order valence-electron chi connectivity index (χ4n) is 2.14. The highest BCUT2D eigenvalue weighted by Crippen LogP contribution is 2.32. The maximum absolute atomic E-state index is 6.12. The maximum Gasteiger partial charge on any atom is 0.123 e. The molecule has 0 atom stereocenters. The van der Waals surface area contributed by atoms with Crippen molar-refractivity contribution >= 4 is 12.0 Å². The van der Waals surface area contributed by atoms with Crippen molar-refractivity contribution in [2.45, 2.75) is 11.0 Å². The lowest BCUT2D eigenvalue weighted by Gasteiger charge is -2.17. The lowest BCUT2D eigenvalue weighted by molar-refractivity contribution is 0.296. The van der Waals surface area contributed by atoms with Crippen LogP contribution < -0.4 is 0 Å². The van der Waals surface area contributed by atoms with Crippen molar-refractivity contribution in [3.8, 4) is 0 Å². The quantitative estimate of drug-likeness (QED) is 0.574. The lowest BCUT2D eigenvalue weighted by atomic mass is 10.0. The molecule has 2 heteroatoms. The zero-order valence-electron chi connectivity index (χ0n) is 11.6. The molecule has 0 heterocycles. The van der Waals surface area contributed by atoms with E-state index in [4.69, 9.17) is 4.18 Å². The van der Waals surface area contributed by atoms with E-state index in [-0.39, 0.29) is 6.10 Å². The monoisotopic (exact) mass is 292 g/mol. The second kappa shape index (κ2) is 7.11.